The highest BCUT2D eigenvalue weighted by atomic mass is 16.6. The zero-order valence-corrected chi connectivity index (χ0v) is 15.3. The summed E-state index contributed by atoms with van der Waals surface area (Å²) >= 11 is 0. The Balaban J connectivity index is 1.82. The molecule has 25 heavy (non-hydrogen) atoms. The molecular weight excluding hydrogens is 314 g/mol. The van der Waals surface area contributed by atoms with E-state index in [0.29, 0.717) is 13.1 Å². The summed E-state index contributed by atoms with van der Waals surface area (Å²) in [6.45, 7) is 7.63. The lowest BCUT2D eigenvalue weighted by atomic mass is 9.98. The van der Waals surface area contributed by atoms with Crippen LogP contribution in [0.25, 0.3) is 11.1 Å². The van der Waals surface area contributed by atoms with Crippen LogP contribution < -0.4 is 5.32 Å². The summed E-state index contributed by atoms with van der Waals surface area (Å²) in [7, 11) is 1.94. The van der Waals surface area contributed by atoms with Gasteiger partial charge in [-0.25, -0.2) is 4.79 Å². The minimum absolute atomic E-state index is 0.262. The zero-order chi connectivity index (χ0) is 18.0. The van der Waals surface area contributed by atoms with Crippen molar-refractivity contribution in [2.45, 2.75) is 46.0 Å². The third-order valence-corrected chi connectivity index (χ3v) is 4.17. The van der Waals surface area contributed by atoms with E-state index < -0.39 is 5.60 Å². The van der Waals surface area contributed by atoms with Crippen LogP contribution in [-0.4, -0.2) is 28.6 Å². The summed E-state index contributed by atoms with van der Waals surface area (Å²) in [6.07, 6.45) is 3.45. The molecule has 0 saturated heterocycles. The van der Waals surface area contributed by atoms with Crippen molar-refractivity contribution in [1.29, 1.82) is 0 Å². The minimum atomic E-state index is -0.477. The Labute approximate surface area is 149 Å². The number of carbonyl (C=O) groups excluding carboxylic acids is 1. The molecule has 2 aromatic rings. The van der Waals surface area contributed by atoms with Crippen molar-refractivity contribution in [3.05, 3.63) is 53.3 Å². The fraction of sp³-hybridized carbons (Fsp3) is 0.400. The van der Waals surface area contributed by atoms with Gasteiger partial charge in [0, 0.05) is 37.6 Å². The van der Waals surface area contributed by atoms with E-state index in [1.807, 2.05) is 46.3 Å². The monoisotopic (exact) mass is 339 g/mol. The molecule has 0 bridgehead atoms. The highest BCUT2D eigenvalue weighted by Gasteiger charge is 2.28. The van der Waals surface area contributed by atoms with Crippen LogP contribution in [0.2, 0.25) is 0 Å². The number of nitrogens with one attached hydrogen (secondary N) is 1. The van der Waals surface area contributed by atoms with Crippen LogP contribution in [-0.2, 0) is 24.4 Å². The number of amides is 1. The zero-order valence-electron chi connectivity index (χ0n) is 15.3. The van der Waals surface area contributed by atoms with Gasteiger partial charge in [-0.2, -0.15) is 0 Å². The first-order valence-corrected chi connectivity index (χ1v) is 8.55. The third-order valence-electron chi connectivity index (χ3n) is 4.17. The van der Waals surface area contributed by atoms with E-state index in [-0.39, 0.29) is 6.09 Å². The number of aromatic nitrogens is 1. The van der Waals surface area contributed by atoms with Crippen molar-refractivity contribution in [1.82, 2.24) is 15.2 Å². The van der Waals surface area contributed by atoms with Gasteiger partial charge in [0.25, 0.3) is 0 Å². The summed E-state index contributed by atoms with van der Waals surface area (Å²) in [5.41, 5.74) is 5.32. The summed E-state index contributed by atoms with van der Waals surface area (Å²) in [5, 5.41) is 3.19. The largest absolute Gasteiger partial charge is 0.444 e. The number of hydrogen-bond donors (Lipinski definition) is 1. The van der Waals surface area contributed by atoms with Gasteiger partial charge in [-0.05, 0) is 62.2 Å². The second-order valence-electron chi connectivity index (χ2n) is 7.38. The van der Waals surface area contributed by atoms with Gasteiger partial charge in [0.15, 0.2) is 0 Å². The van der Waals surface area contributed by atoms with Crippen LogP contribution in [0.3, 0.4) is 0 Å². The van der Waals surface area contributed by atoms with E-state index in [9.17, 15) is 4.79 Å². The number of carbonyl (C=O) groups is 1. The maximum absolute atomic E-state index is 12.3. The quantitative estimate of drug-likeness (QED) is 0.926. The van der Waals surface area contributed by atoms with E-state index in [1.165, 1.54) is 16.7 Å². The van der Waals surface area contributed by atoms with Gasteiger partial charge in [-0.15, -0.1) is 0 Å². The topological polar surface area (TPSA) is 54.5 Å². The second-order valence-corrected chi connectivity index (χ2v) is 7.38. The maximum Gasteiger partial charge on any atom is 0.410 e. The molecule has 0 unspecified atom stereocenters. The van der Waals surface area contributed by atoms with Crippen LogP contribution in [0.4, 0.5) is 4.79 Å². The molecule has 1 aliphatic rings. The van der Waals surface area contributed by atoms with Gasteiger partial charge in [0.05, 0.1) is 0 Å². The normalized spacial score (nSPS) is 13.7. The average Bonchev–Trinajstić information content (AvgIpc) is 2.97. The standard InChI is InChI=1S/C20H25N3O2/c1-20(2,3)25-19(24)23-12-16-6-5-14(9-17(16)13-23)18-11-22-8-7-15(18)10-21-4/h5-9,11,21H,10,12-13H2,1-4H3. The first-order valence-electron chi connectivity index (χ1n) is 8.55. The number of hydrogen-bond acceptors (Lipinski definition) is 4. The molecule has 1 aromatic carbocycles. The van der Waals surface area contributed by atoms with E-state index in [0.717, 1.165) is 17.7 Å². The fourth-order valence-electron chi connectivity index (χ4n) is 3.05. The molecule has 0 fully saturated rings. The Morgan fingerprint density at radius 2 is 2.00 bits per heavy atom. The molecule has 1 aliphatic heterocycles. The van der Waals surface area contributed by atoms with E-state index in [2.05, 4.69) is 28.5 Å². The lowest BCUT2D eigenvalue weighted by Gasteiger charge is -2.24. The molecule has 1 amide bonds. The SMILES string of the molecule is CNCc1ccncc1-c1ccc2c(c1)CN(C(=O)OC(C)(C)C)C2. The Bertz CT molecular complexity index is 781. The molecule has 0 saturated carbocycles. The van der Waals surface area contributed by atoms with Gasteiger partial charge in [0.1, 0.15) is 5.60 Å². The van der Waals surface area contributed by atoms with Crippen molar-refractivity contribution in [3.63, 3.8) is 0 Å². The molecule has 0 aliphatic carbocycles. The maximum atomic E-state index is 12.3. The molecule has 5 heteroatoms. The van der Waals surface area contributed by atoms with Crippen molar-refractivity contribution in [2.75, 3.05) is 7.05 Å². The van der Waals surface area contributed by atoms with E-state index in [1.54, 1.807) is 4.90 Å². The smallest absolute Gasteiger partial charge is 0.410 e. The van der Waals surface area contributed by atoms with Gasteiger partial charge >= 0.3 is 6.09 Å². The number of pyridine rings is 1. The van der Waals surface area contributed by atoms with Gasteiger partial charge in [-0.3, -0.25) is 9.88 Å². The van der Waals surface area contributed by atoms with Crippen LogP contribution in [0.1, 0.15) is 37.5 Å². The third kappa shape index (κ3) is 3.99. The number of benzene rings is 1. The molecule has 2 heterocycles. The summed E-state index contributed by atoms with van der Waals surface area (Å²) in [4.78, 5) is 18.3. The minimum Gasteiger partial charge on any atom is -0.444 e. The predicted octanol–water partition coefficient (Wildman–Crippen LogP) is 3.72. The van der Waals surface area contributed by atoms with Crippen LogP contribution in [0.15, 0.2) is 36.7 Å². The number of rotatable bonds is 3. The molecule has 3 rings (SSSR count). The molecular formula is C20H25N3O2. The highest BCUT2D eigenvalue weighted by Crippen LogP contribution is 2.30. The van der Waals surface area contributed by atoms with E-state index in [4.69, 9.17) is 4.74 Å². The predicted molar refractivity (Wildman–Crippen MR) is 97.9 cm³/mol. The number of nitrogens with zero attached hydrogens (tertiary/aromatic N) is 2. The first-order chi connectivity index (χ1) is 11.9. The summed E-state index contributed by atoms with van der Waals surface area (Å²) < 4.78 is 5.49. The van der Waals surface area contributed by atoms with Crippen LogP contribution in [0.5, 0.6) is 0 Å². The Hall–Kier alpha value is -2.40. The summed E-state index contributed by atoms with van der Waals surface area (Å²) in [6, 6.07) is 8.40. The van der Waals surface area contributed by atoms with Crippen LogP contribution >= 0.6 is 0 Å². The first kappa shape index (κ1) is 17.4. The second kappa shape index (κ2) is 6.84. The molecule has 0 radical (unpaired) electrons. The number of ether oxygens (including phenoxy) is 1. The lowest BCUT2D eigenvalue weighted by Crippen LogP contribution is -2.33. The lowest BCUT2D eigenvalue weighted by molar-refractivity contribution is 0.0242. The Morgan fingerprint density at radius 3 is 2.72 bits per heavy atom. The molecule has 0 spiro atoms. The molecule has 0 atom stereocenters. The average molecular weight is 339 g/mol. The molecule has 1 N–H and O–H groups in total. The highest BCUT2D eigenvalue weighted by molar-refractivity contribution is 5.71. The number of fused-ring (bicyclic) bond motifs is 1. The van der Waals surface area contributed by atoms with Crippen molar-refractivity contribution in [2.24, 2.45) is 0 Å². The van der Waals surface area contributed by atoms with Crippen molar-refractivity contribution in [3.8, 4) is 11.1 Å². The van der Waals surface area contributed by atoms with Crippen molar-refractivity contribution >= 4 is 6.09 Å². The Kier molecular flexibility index (Phi) is 4.77. The Morgan fingerprint density at radius 1 is 1.24 bits per heavy atom. The van der Waals surface area contributed by atoms with Gasteiger partial charge in [-0.1, -0.05) is 12.1 Å². The van der Waals surface area contributed by atoms with Gasteiger partial charge < -0.3 is 10.1 Å². The molecule has 5 nitrogen and oxygen atoms in total. The van der Waals surface area contributed by atoms with E-state index >= 15 is 0 Å². The van der Waals surface area contributed by atoms with Crippen molar-refractivity contribution < 1.29 is 9.53 Å². The summed E-state index contributed by atoms with van der Waals surface area (Å²) in [5.74, 6) is 0. The fourth-order valence-corrected chi connectivity index (χ4v) is 3.05. The van der Waals surface area contributed by atoms with Gasteiger partial charge in [0.2, 0.25) is 0 Å². The van der Waals surface area contributed by atoms with Crippen LogP contribution in [0, 0.1) is 0 Å². The molecule has 132 valence electrons. The molecule has 1 aromatic heterocycles.